The molecule has 0 aliphatic heterocycles. The maximum Gasteiger partial charge on any atom is 0.322 e. The van der Waals surface area contributed by atoms with E-state index in [1.807, 2.05) is 52.5 Å². The fraction of sp³-hybridized carbons (Fsp3) is 0.280. The lowest BCUT2D eigenvalue weighted by atomic mass is 10.1. The molecule has 0 bridgehead atoms. The number of anilines is 2. The molecule has 2 heterocycles. The van der Waals surface area contributed by atoms with Gasteiger partial charge in [-0.2, -0.15) is 4.98 Å². The van der Waals surface area contributed by atoms with Crippen LogP contribution in [-0.4, -0.2) is 60.8 Å². The number of methoxy groups -OCH3 is 1. The molecule has 0 amide bonds. The summed E-state index contributed by atoms with van der Waals surface area (Å²) in [6.45, 7) is 1.74. The van der Waals surface area contributed by atoms with Crippen LogP contribution in [0.25, 0.3) is 22.2 Å². The Bertz CT molecular complexity index is 1270. The number of hydrogen-bond donors (Lipinski definition) is 1. The molecular weight excluding hydrogens is 416 g/mol. The predicted molar refractivity (Wildman–Crippen MR) is 133 cm³/mol. The monoisotopic (exact) mass is 446 g/mol. The van der Waals surface area contributed by atoms with Gasteiger partial charge in [-0.3, -0.25) is 0 Å². The highest BCUT2D eigenvalue weighted by Crippen LogP contribution is 2.38. The smallest absolute Gasteiger partial charge is 0.322 e. The normalized spacial score (nSPS) is 11.2. The zero-order chi connectivity index (χ0) is 23.5. The van der Waals surface area contributed by atoms with Gasteiger partial charge in [0.2, 0.25) is 0 Å². The standard InChI is InChI=1S/C25H30N6O2/c1-29(2)12-13-30(3)22-15-23(32-5)24(14-19(22)26)33-25-27-11-10-20(28-25)18-16-31(4)21-9-7-6-8-17(18)21/h6-11,14-16H,12-13,26H2,1-5H3. The highest BCUT2D eigenvalue weighted by atomic mass is 16.5. The van der Waals surface area contributed by atoms with Crippen molar-refractivity contribution in [3.63, 3.8) is 0 Å². The molecule has 2 aromatic carbocycles. The Hall–Kier alpha value is -3.78. The van der Waals surface area contributed by atoms with Gasteiger partial charge in [-0.25, -0.2) is 4.98 Å². The highest BCUT2D eigenvalue weighted by molar-refractivity contribution is 5.95. The highest BCUT2D eigenvalue weighted by Gasteiger charge is 2.16. The lowest BCUT2D eigenvalue weighted by Crippen LogP contribution is -2.29. The van der Waals surface area contributed by atoms with Crippen LogP contribution in [0.1, 0.15) is 0 Å². The van der Waals surface area contributed by atoms with Crippen molar-refractivity contribution in [2.24, 2.45) is 7.05 Å². The zero-order valence-electron chi connectivity index (χ0n) is 19.7. The third-order valence-electron chi connectivity index (χ3n) is 5.61. The van der Waals surface area contributed by atoms with Gasteiger partial charge in [-0.05, 0) is 26.2 Å². The van der Waals surface area contributed by atoms with Crippen LogP contribution >= 0.6 is 0 Å². The second-order valence-corrected chi connectivity index (χ2v) is 8.28. The van der Waals surface area contributed by atoms with Gasteiger partial charge in [0.15, 0.2) is 11.5 Å². The topological polar surface area (TPSA) is 81.7 Å². The average molecular weight is 447 g/mol. The minimum Gasteiger partial charge on any atom is -0.493 e. The summed E-state index contributed by atoms with van der Waals surface area (Å²) < 4.78 is 13.7. The molecule has 0 aliphatic rings. The summed E-state index contributed by atoms with van der Waals surface area (Å²) in [5.74, 6) is 1.03. The molecule has 2 N–H and O–H groups in total. The fourth-order valence-corrected chi connectivity index (χ4v) is 3.79. The third-order valence-corrected chi connectivity index (χ3v) is 5.61. The van der Waals surface area contributed by atoms with Gasteiger partial charge in [0.05, 0.1) is 24.2 Å². The molecule has 0 unspecified atom stereocenters. The molecule has 0 radical (unpaired) electrons. The van der Waals surface area contributed by atoms with Gasteiger partial charge < -0.3 is 29.6 Å². The largest absolute Gasteiger partial charge is 0.493 e. The summed E-state index contributed by atoms with van der Waals surface area (Å²) in [4.78, 5) is 13.2. The molecule has 0 saturated heterocycles. The summed E-state index contributed by atoms with van der Waals surface area (Å²) in [5.41, 5.74) is 10.8. The molecule has 4 aromatic rings. The molecule has 4 rings (SSSR count). The number of benzene rings is 2. The van der Waals surface area contributed by atoms with E-state index in [9.17, 15) is 0 Å². The molecule has 0 saturated carbocycles. The minimum absolute atomic E-state index is 0.229. The number of nitrogen functional groups attached to an aromatic ring is 1. The van der Waals surface area contributed by atoms with Crippen molar-refractivity contribution in [1.82, 2.24) is 19.4 Å². The van der Waals surface area contributed by atoms with Gasteiger partial charge in [-0.1, -0.05) is 18.2 Å². The van der Waals surface area contributed by atoms with E-state index in [0.29, 0.717) is 17.2 Å². The quantitative estimate of drug-likeness (QED) is 0.410. The number of para-hydroxylation sites is 1. The number of fused-ring (bicyclic) bond motifs is 1. The Balaban J connectivity index is 1.63. The molecule has 33 heavy (non-hydrogen) atoms. The molecule has 0 atom stereocenters. The molecule has 0 spiro atoms. The van der Waals surface area contributed by atoms with Crippen LogP contribution in [0.3, 0.4) is 0 Å². The zero-order valence-corrected chi connectivity index (χ0v) is 19.7. The SMILES string of the molecule is COc1cc(N(C)CCN(C)C)c(N)cc1Oc1nccc(-c2cn(C)c3ccccc23)n1. The van der Waals surface area contributed by atoms with E-state index in [1.165, 1.54) is 0 Å². The average Bonchev–Trinajstić information content (AvgIpc) is 3.14. The van der Waals surface area contributed by atoms with Crippen LogP contribution in [0.4, 0.5) is 11.4 Å². The maximum absolute atomic E-state index is 6.36. The number of hydrogen-bond acceptors (Lipinski definition) is 7. The van der Waals surface area contributed by atoms with Crippen LogP contribution < -0.4 is 20.1 Å². The first-order chi connectivity index (χ1) is 15.9. The summed E-state index contributed by atoms with van der Waals surface area (Å²) in [6, 6.07) is 14.0. The first kappa shape index (κ1) is 22.4. The number of ether oxygens (including phenoxy) is 2. The van der Waals surface area contributed by atoms with Crippen LogP contribution in [-0.2, 0) is 7.05 Å². The van der Waals surface area contributed by atoms with Crippen molar-refractivity contribution in [3.8, 4) is 28.8 Å². The first-order valence-corrected chi connectivity index (χ1v) is 10.8. The molecular formula is C25H30N6O2. The van der Waals surface area contributed by atoms with Crippen molar-refractivity contribution in [2.45, 2.75) is 0 Å². The van der Waals surface area contributed by atoms with Crippen LogP contribution in [0.2, 0.25) is 0 Å². The van der Waals surface area contributed by atoms with E-state index in [-0.39, 0.29) is 6.01 Å². The molecule has 8 heteroatoms. The third kappa shape index (κ3) is 4.70. The van der Waals surface area contributed by atoms with E-state index in [0.717, 1.165) is 40.9 Å². The van der Waals surface area contributed by atoms with Crippen LogP contribution in [0.5, 0.6) is 17.5 Å². The van der Waals surface area contributed by atoms with Crippen LogP contribution in [0, 0.1) is 0 Å². The Morgan fingerprint density at radius 1 is 1.03 bits per heavy atom. The predicted octanol–water partition coefficient (Wildman–Crippen LogP) is 4.02. The summed E-state index contributed by atoms with van der Waals surface area (Å²) in [6.07, 6.45) is 3.76. The van der Waals surface area contributed by atoms with Crippen molar-refractivity contribution in [2.75, 3.05) is 52.0 Å². The van der Waals surface area contributed by atoms with E-state index in [4.69, 9.17) is 15.2 Å². The second kappa shape index (κ2) is 9.38. The number of rotatable bonds is 8. The molecule has 172 valence electrons. The van der Waals surface area contributed by atoms with Crippen molar-refractivity contribution < 1.29 is 9.47 Å². The van der Waals surface area contributed by atoms with Gasteiger partial charge in [-0.15, -0.1) is 0 Å². The Morgan fingerprint density at radius 3 is 2.58 bits per heavy atom. The van der Waals surface area contributed by atoms with Crippen LogP contribution in [0.15, 0.2) is 54.9 Å². The lowest BCUT2D eigenvalue weighted by Gasteiger charge is -2.24. The Labute approximate surface area is 194 Å². The van der Waals surface area contributed by atoms with Crippen molar-refractivity contribution in [1.29, 1.82) is 0 Å². The molecule has 2 aromatic heterocycles. The number of nitrogens with two attached hydrogens (primary N) is 1. The summed E-state index contributed by atoms with van der Waals surface area (Å²) in [5, 5.41) is 1.12. The van der Waals surface area contributed by atoms with Gasteiger partial charge >= 0.3 is 6.01 Å². The molecule has 0 fully saturated rings. The van der Waals surface area contributed by atoms with Gasteiger partial charge in [0.1, 0.15) is 0 Å². The van der Waals surface area contributed by atoms with E-state index in [2.05, 4.69) is 42.7 Å². The Kier molecular flexibility index (Phi) is 6.37. The number of aryl methyl sites for hydroxylation is 1. The van der Waals surface area contributed by atoms with Gasteiger partial charge in [0, 0.05) is 68.2 Å². The fourth-order valence-electron chi connectivity index (χ4n) is 3.79. The maximum atomic E-state index is 6.36. The van der Waals surface area contributed by atoms with E-state index < -0.39 is 0 Å². The first-order valence-electron chi connectivity index (χ1n) is 10.8. The lowest BCUT2D eigenvalue weighted by molar-refractivity contribution is 0.368. The second-order valence-electron chi connectivity index (χ2n) is 8.28. The van der Waals surface area contributed by atoms with Gasteiger partial charge in [0.25, 0.3) is 0 Å². The number of aromatic nitrogens is 3. The summed E-state index contributed by atoms with van der Waals surface area (Å²) in [7, 11) is 9.72. The summed E-state index contributed by atoms with van der Waals surface area (Å²) >= 11 is 0. The molecule has 8 nitrogen and oxygen atoms in total. The van der Waals surface area contributed by atoms with Crippen molar-refractivity contribution >= 4 is 22.3 Å². The van der Waals surface area contributed by atoms with E-state index in [1.54, 1.807) is 19.4 Å². The number of likely N-dealkylation sites (N-methyl/N-ethyl adjacent to an activating group) is 2. The number of nitrogens with zero attached hydrogens (tertiary/aromatic N) is 5. The Morgan fingerprint density at radius 2 is 1.82 bits per heavy atom. The molecule has 0 aliphatic carbocycles. The minimum atomic E-state index is 0.229. The van der Waals surface area contributed by atoms with Crippen molar-refractivity contribution in [3.05, 3.63) is 54.9 Å². The van der Waals surface area contributed by atoms with E-state index >= 15 is 0 Å².